The van der Waals surface area contributed by atoms with Crippen molar-refractivity contribution in [2.24, 2.45) is 0 Å². The van der Waals surface area contributed by atoms with E-state index in [9.17, 15) is 14.0 Å². The predicted octanol–water partition coefficient (Wildman–Crippen LogP) is 2.69. The number of nitrogens with one attached hydrogen (secondary N) is 1. The number of halogens is 1. The van der Waals surface area contributed by atoms with E-state index in [4.69, 9.17) is 4.74 Å². The van der Waals surface area contributed by atoms with Crippen molar-refractivity contribution in [1.82, 2.24) is 24.9 Å². The number of carbonyl (C=O) groups excluding carboxylic acids is 2. The molecule has 1 aliphatic rings. The van der Waals surface area contributed by atoms with Crippen molar-refractivity contribution in [2.45, 2.75) is 6.54 Å². The maximum atomic E-state index is 13.9. The van der Waals surface area contributed by atoms with Crippen LogP contribution in [0.1, 0.15) is 16.1 Å². The van der Waals surface area contributed by atoms with Crippen LogP contribution in [0.2, 0.25) is 0 Å². The van der Waals surface area contributed by atoms with Crippen molar-refractivity contribution in [3.63, 3.8) is 0 Å². The molecule has 0 spiro atoms. The Kier molecular flexibility index (Phi) is 6.34. The van der Waals surface area contributed by atoms with Crippen molar-refractivity contribution < 1.29 is 18.7 Å². The lowest BCUT2D eigenvalue weighted by Crippen LogP contribution is -2.53. The Bertz CT molecular complexity index is 1090. The number of hydrogen-bond acceptors (Lipinski definition) is 4. The summed E-state index contributed by atoms with van der Waals surface area (Å²) in [4.78, 5) is 28.2. The van der Waals surface area contributed by atoms with Crippen molar-refractivity contribution in [1.29, 1.82) is 0 Å². The summed E-state index contributed by atoms with van der Waals surface area (Å²) in [5.41, 5.74) is 1.67. The summed E-state index contributed by atoms with van der Waals surface area (Å²) >= 11 is 0. The summed E-state index contributed by atoms with van der Waals surface area (Å²) in [7, 11) is 1.62. The number of benzene rings is 2. The summed E-state index contributed by atoms with van der Waals surface area (Å²) in [6, 6.07) is 15.1. The molecule has 1 fully saturated rings. The Morgan fingerprint density at radius 3 is 2.38 bits per heavy atom. The highest BCUT2D eigenvalue weighted by molar-refractivity contribution is 5.94. The lowest BCUT2D eigenvalue weighted by Gasteiger charge is -2.34. The minimum atomic E-state index is -0.535. The fourth-order valence-electron chi connectivity index (χ4n) is 3.53. The van der Waals surface area contributed by atoms with Crippen molar-refractivity contribution in [3.05, 3.63) is 77.9 Å². The second-order valence-corrected chi connectivity index (χ2v) is 7.37. The van der Waals surface area contributed by atoms with Crippen molar-refractivity contribution in [3.8, 4) is 11.4 Å². The normalized spacial score (nSPS) is 13.7. The molecule has 0 radical (unpaired) electrons. The molecule has 2 aromatic carbocycles. The molecule has 9 heteroatoms. The molecule has 8 nitrogen and oxygen atoms in total. The number of piperazine rings is 1. The van der Waals surface area contributed by atoms with Crippen molar-refractivity contribution >= 4 is 11.9 Å². The van der Waals surface area contributed by atoms with E-state index in [1.54, 1.807) is 33.7 Å². The number of hydrogen-bond donors (Lipinski definition) is 1. The first-order valence-corrected chi connectivity index (χ1v) is 10.3. The van der Waals surface area contributed by atoms with Gasteiger partial charge in [0.1, 0.15) is 11.6 Å². The fraction of sp³-hybridized carbons (Fsp3) is 0.261. The Labute approximate surface area is 185 Å². The standard InChI is InChI=1S/C23H24FN5O3/c1-32-19-8-6-18(7-9-19)29-11-10-17(26-29)16-25-23(31)28-14-12-27(13-15-28)22(30)20-4-2-3-5-21(20)24/h2-11H,12-16H2,1H3,(H,25,31). The van der Waals surface area contributed by atoms with Gasteiger partial charge in [0.2, 0.25) is 0 Å². The third-order valence-electron chi connectivity index (χ3n) is 5.36. The zero-order valence-corrected chi connectivity index (χ0v) is 17.7. The van der Waals surface area contributed by atoms with Gasteiger partial charge in [0, 0.05) is 32.4 Å². The Morgan fingerprint density at radius 1 is 1.00 bits per heavy atom. The summed E-state index contributed by atoms with van der Waals surface area (Å²) in [5, 5.41) is 7.35. The number of methoxy groups -OCH3 is 1. The van der Waals surface area contributed by atoms with Crippen LogP contribution >= 0.6 is 0 Å². The molecule has 0 atom stereocenters. The quantitative estimate of drug-likeness (QED) is 0.666. The average Bonchev–Trinajstić information content (AvgIpc) is 3.32. The van der Waals surface area contributed by atoms with Crippen LogP contribution in [-0.4, -0.2) is 64.8 Å². The van der Waals surface area contributed by atoms with Gasteiger partial charge in [-0.05, 0) is 42.5 Å². The van der Waals surface area contributed by atoms with Gasteiger partial charge in [-0.1, -0.05) is 12.1 Å². The monoisotopic (exact) mass is 437 g/mol. The summed E-state index contributed by atoms with van der Waals surface area (Å²) in [6.45, 7) is 1.76. The van der Waals surface area contributed by atoms with E-state index in [0.717, 1.165) is 17.1 Å². The van der Waals surface area contributed by atoms with Crippen LogP contribution in [0.5, 0.6) is 5.75 Å². The van der Waals surface area contributed by atoms with Gasteiger partial charge >= 0.3 is 6.03 Å². The lowest BCUT2D eigenvalue weighted by molar-refractivity contribution is 0.0660. The Hall–Kier alpha value is -3.88. The van der Waals surface area contributed by atoms with E-state index in [-0.39, 0.29) is 24.0 Å². The zero-order valence-electron chi connectivity index (χ0n) is 17.7. The van der Waals surface area contributed by atoms with Gasteiger partial charge in [0.05, 0.1) is 30.6 Å². The molecule has 166 valence electrons. The van der Waals surface area contributed by atoms with E-state index >= 15 is 0 Å². The predicted molar refractivity (Wildman–Crippen MR) is 116 cm³/mol. The highest BCUT2D eigenvalue weighted by atomic mass is 19.1. The second-order valence-electron chi connectivity index (χ2n) is 7.37. The molecule has 0 bridgehead atoms. The fourth-order valence-corrected chi connectivity index (χ4v) is 3.53. The molecular weight excluding hydrogens is 413 g/mol. The maximum absolute atomic E-state index is 13.9. The smallest absolute Gasteiger partial charge is 0.317 e. The molecule has 1 aliphatic heterocycles. The van der Waals surface area contributed by atoms with Crippen LogP contribution in [0.25, 0.3) is 5.69 Å². The van der Waals surface area contributed by atoms with Gasteiger partial charge in [-0.3, -0.25) is 4.79 Å². The highest BCUT2D eigenvalue weighted by Crippen LogP contribution is 2.15. The number of urea groups is 1. The number of aromatic nitrogens is 2. The van der Waals surface area contributed by atoms with Crippen LogP contribution in [0.3, 0.4) is 0 Å². The Balaban J connectivity index is 1.27. The summed E-state index contributed by atoms with van der Waals surface area (Å²) in [5.74, 6) is -0.122. The number of amides is 3. The molecule has 1 aromatic heterocycles. The van der Waals surface area contributed by atoms with E-state index in [1.165, 1.54) is 12.1 Å². The molecule has 4 rings (SSSR count). The molecule has 32 heavy (non-hydrogen) atoms. The van der Waals surface area contributed by atoms with Gasteiger partial charge in [-0.2, -0.15) is 5.10 Å². The third kappa shape index (κ3) is 4.72. The van der Waals surface area contributed by atoms with Gasteiger partial charge in [-0.25, -0.2) is 13.9 Å². The number of carbonyl (C=O) groups is 2. The summed E-state index contributed by atoms with van der Waals surface area (Å²) < 4.78 is 20.8. The lowest BCUT2D eigenvalue weighted by atomic mass is 10.1. The number of rotatable bonds is 5. The third-order valence-corrected chi connectivity index (χ3v) is 5.36. The first-order valence-electron chi connectivity index (χ1n) is 10.3. The molecule has 1 N–H and O–H groups in total. The molecule has 0 saturated carbocycles. The zero-order chi connectivity index (χ0) is 22.5. The van der Waals surface area contributed by atoms with E-state index in [2.05, 4.69) is 10.4 Å². The second kappa shape index (κ2) is 9.51. The first-order chi connectivity index (χ1) is 15.5. The average molecular weight is 437 g/mol. The molecule has 3 amide bonds. The first kappa shape index (κ1) is 21.4. The molecule has 0 unspecified atom stereocenters. The SMILES string of the molecule is COc1ccc(-n2ccc(CNC(=O)N3CCN(C(=O)c4ccccc4F)CC3)n2)cc1. The van der Waals surface area contributed by atoms with Gasteiger partial charge in [0.25, 0.3) is 5.91 Å². The van der Waals surface area contributed by atoms with Crippen LogP contribution in [-0.2, 0) is 6.54 Å². The minimum Gasteiger partial charge on any atom is -0.497 e. The van der Waals surface area contributed by atoms with Crippen LogP contribution in [0.15, 0.2) is 60.8 Å². The van der Waals surface area contributed by atoms with Crippen LogP contribution in [0, 0.1) is 5.82 Å². The molecular formula is C23H24FN5O3. The number of ether oxygens (including phenoxy) is 1. The minimum absolute atomic E-state index is 0.0536. The van der Waals surface area contributed by atoms with E-state index in [0.29, 0.717) is 26.2 Å². The molecule has 1 saturated heterocycles. The maximum Gasteiger partial charge on any atom is 0.317 e. The summed E-state index contributed by atoms with van der Waals surface area (Å²) in [6.07, 6.45) is 1.83. The van der Waals surface area contributed by atoms with Gasteiger partial charge < -0.3 is 19.9 Å². The highest BCUT2D eigenvalue weighted by Gasteiger charge is 2.26. The van der Waals surface area contributed by atoms with Crippen LogP contribution < -0.4 is 10.1 Å². The van der Waals surface area contributed by atoms with E-state index < -0.39 is 5.82 Å². The number of nitrogens with zero attached hydrogens (tertiary/aromatic N) is 4. The van der Waals surface area contributed by atoms with Gasteiger partial charge in [-0.15, -0.1) is 0 Å². The molecule has 3 aromatic rings. The van der Waals surface area contributed by atoms with Crippen LogP contribution in [0.4, 0.5) is 9.18 Å². The van der Waals surface area contributed by atoms with E-state index in [1.807, 2.05) is 36.5 Å². The van der Waals surface area contributed by atoms with Gasteiger partial charge in [0.15, 0.2) is 0 Å². The van der Waals surface area contributed by atoms with Crippen molar-refractivity contribution in [2.75, 3.05) is 33.3 Å². The largest absolute Gasteiger partial charge is 0.497 e. The molecule has 0 aliphatic carbocycles. The Morgan fingerprint density at radius 2 is 1.69 bits per heavy atom. The molecule has 2 heterocycles. The topological polar surface area (TPSA) is 79.7 Å².